The maximum absolute atomic E-state index is 6.54. The summed E-state index contributed by atoms with van der Waals surface area (Å²) in [6, 6.07) is 123. The van der Waals surface area contributed by atoms with Gasteiger partial charge in [-0.3, -0.25) is 0 Å². The number of benzene rings is 14. The summed E-state index contributed by atoms with van der Waals surface area (Å²) in [6.07, 6.45) is 3.69. The summed E-state index contributed by atoms with van der Waals surface area (Å²) in [5.74, 6) is 3.07. The zero-order valence-corrected chi connectivity index (χ0v) is 51.6. The van der Waals surface area contributed by atoms with Crippen LogP contribution in [0.5, 0.6) is 23.0 Å². The van der Waals surface area contributed by atoms with Gasteiger partial charge >= 0.3 is 0 Å². The number of rotatable bonds is 15. The molecule has 0 aliphatic heterocycles. The van der Waals surface area contributed by atoms with Gasteiger partial charge in [-0.15, -0.1) is 0 Å². The van der Waals surface area contributed by atoms with Crippen LogP contribution in [0.4, 0.5) is 17.1 Å². The molecule has 0 N–H and O–H groups in total. The van der Waals surface area contributed by atoms with Crippen molar-refractivity contribution in [1.29, 1.82) is 0 Å². The number of ether oxygens (including phenoxy) is 2. The summed E-state index contributed by atoms with van der Waals surface area (Å²) in [6.45, 7) is 7.89. The number of nitrogens with zero attached hydrogens (tertiary/aromatic N) is 2. The van der Waals surface area contributed by atoms with Crippen LogP contribution in [0.3, 0.4) is 0 Å². The van der Waals surface area contributed by atoms with Gasteiger partial charge in [0.05, 0.1) is 21.9 Å². The van der Waals surface area contributed by atoms with Gasteiger partial charge in [-0.25, -0.2) is 0 Å². The van der Waals surface area contributed by atoms with Crippen molar-refractivity contribution in [3.8, 4) is 62.1 Å². The lowest BCUT2D eigenvalue weighted by atomic mass is 9.67. The van der Waals surface area contributed by atoms with Crippen LogP contribution >= 0.6 is 0 Å². The minimum absolute atomic E-state index is 0.612. The molecule has 2 aliphatic rings. The maximum atomic E-state index is 6.54. The Kier molecular flexibility index (Phi) is 13.6. The van der Waals surface area contributed by atoms with E-state index in [1.165, 1.54) is 61.2 Å². The molecule has 1 unspecified atom stereocenters. The van der Waals surface area contributed by atoms with Gasteiger partial charge in [0.15, 0.2) is 0 Å². The summed E-state index contributed by atoms with van der Waals surface area (Å²) < 4.78 is 15.4. The molecule has 4 heteroatoms. The summed E-state index contributed by atoms with van der Waals surface area (Å²) in [5.41, 5.74) is 24.0. The molecule has 0 radical (unpaired) electrons. The van der Waals surface area contributed by atoms with Gasteiger partial charge in [-0.2, -0.15) is 0 Å². The van der Waals surface area contributed by atoms with Gasteiger partial charge in [0.1, 0.15) is 23.0 Å². The lowest BCUT2D eigenvalue weighted by Gasteiger charge is -2.36. The molecule has 17 rings (SSSR count). The first kappa shape index (κ1) is 55.8. The van der Waals surface area contributed by atoms with E-state index in [0.29, 0.717) is 0 Å². The Labute approximate surface area is 548 Å². The molecule has 4 nitrogen and oxygen atoms in total. The highest BCUT2D eigenvalue weighted by molar-refractivity contribution is 6.11. The third kappa shape index (κ3) is 9.05. The number of anilines is 3. The van der Waals surface area contributed by atoms with Crippen molar-refractivity contribution >= 4 is 51.0 Å². The van der Waals surface area contributed by atoms with Crippen LogP contribution in [-0.2, 0) is 10.8 Å². The van der Waals surface area contributed by atoms with Crippen molar-refractivity contribution in [3.05, 3.63) is 409 Å². The molecule has 0 amide bonds. The monoisotopic (exact) mass is 1200 g/mol. The van der Waals surface area contributed by atoms with Crippen molar-refractivity contribution in [1.82, 2.24) is 4.57 Å². The second-order valence-corrected chi connectivity index (χ2v) is 24.4. The van der Waals surface area contributed by atoms with Gasteiger partial charge in [0.2, 0.25) is 0 Å². The predicted octanol–water partition coefficient (Wildman–Crippen LogP) is 23.5. The van der Waals surface area contributed by atoms with Crippen molar-refractivity contribution in [2.75, 3.05) is 4.90 Å². The normalized spacial score (nSPS) is 14.0. The molecular weight excluding hydrogens is 1140 g/mol. The Balaban J connectivity index is 0.849. The average molecular weight is 1200 g/mol. The van der Waals surface area contributed by atoms with Crippen molar-refractivity contribution in [2.45, 2.75) is 10.8 Å². The SMILES string of the molecule is C=Cc1ccc(Oc2ccc(C3(c4ccccc4)c4ccccc4-c4ccc(N(c5ccc(-c6ccc7c(c6)c6cc(Oc8ccc(C=C)cc8)ccc6n7-c6ccccc6)cc5)c5ccc6c(c5)C(c5ccccc5)(c5ccccc5)c5ccccc5-6)cc43)cc2)cc1. The van der Waals surface area contributed by atoms with Crippen LogP contribution in [0.15, 0.2) is 353 Å². The molecule has 0 saturated carbocycles. The third-order valence-electron chi connectivity index (χ3n) is 19.4. The minimum atomic E-state index is -0.704. The van der Waals surface area contributed by atoms with Crippen LogP contribution in [0.1, 0.15) is 55.6 Å². The van der Waals surface area contributed by atoms with Gasteiger partial charge in [-0.05, 0) is 204 Å². The fourth-order valence-corrected chi connectivity index (χ4v) is 15.2. The topological polar surface area (TPSA) is 26.6 Å². The molecule has 1 atom stereocenters. The highest BCUT2D eigenvalue weighted by Crippen LogP contribution is 2.60. The zero-order chi connectivity index (χ0) is 62.7. The van der Waals surface area contributed by atoms with E-state index in [0.717, 1.165) is 95.4 Å². The maximum Gasteiger partial charge on any atom is 0.128 e. The van der Waals surface area contributed by atoms with E-state index in [4.69, 9.17) is 9.47 Å². The number of aromatic nitrogens is 1. The molecule has 0 saturated heterocycles. The van der Waals surface area contributed by atoms with Crippen molar-refractivity contribution in [2.24, 2.45) is 0 Å². The summed E-state index contributed by atoms with van der Waals surface area (Å²) >= 11 is 0. The van der Waals surface area contributed by atoms with Crippen LogP contribution in [0.25, 0.3) is 73.0 Å². The van der Waals surface area contributed by atoms with E-state index in [1.807, 2.05) is 60.7 Å². The second kappa shape index (κ2) is 22.9. The average Bonchev–Trinajstić information content (AvgIpc) is 1.53. The predicted molar refractivity (Wildman–Crippen MR) is 389 cm³/mol. The lowest BCUT2D eigenvalue weighted by Crippen LogP contribution is -2.29. The van der Waals surface area contributed by atoms with Crippen LogP contribution in [-0.4, -0.2) is 4.57 Å². The molecule has 0 spiro atoms. The Morgan fingerprint density at radius 3 is 1.15 bits per heavy atom. The fraction of sp³-hybridized carbons (Fsp3) is 0.0222. The van der Waals surface area contributed by atoms with Gasteiger partial charge in [0, 0.05) is 33.5 Å². The number of hydrogen-bond acceptors (Lipinski definition) is 3. The Hall–Kier alpha value is -12.2. The first-order chi connectivity index (χ1) is 46.5. The number of hydrogen-bond donors (Lipinski definition) is 0. The third-order valence-corrected chi connectivity index (χ3v) is 19.4. The first-order valence-corrected chi connectivity index (χ1v) is 32.1. The molecule has 15 aromatic rings. The van der Waals surface area contributed by atoms with Crippen molar-refractivity contribution < 1.29 is 9.47 Å². The van der Waals surface area contributed by atoms with Crippen molar-refractivity contribution in [3.63, 3.8) is 0 Å². The quantitative estimate of drug-likeness (QED) is 0.102. The molecule has 14 aromatic carbocycles. The highest BCUT2D eigenvalue weighted by atomic mass is 16.5. The molecule has 94 heavy (non-hydrogen) atoms. The van der Waals surface area contributed by atoms with Gasteiger partial charge in [0.25, 0.3) is 0 Å². The van der Waals surface area contributed by atoms with E-state index in [-0.39, 0.29) is 0 Å². The van der Waals surface area contributed by atoms with Crippen LogP contribution < -0.4 is 14.4 Å². The Morgan fingerprint density at radius 1 is 0.287 bits per heavy atom. The zero-order valence-electron chi connectivity index (χ0n) is 51.6. The summed E-state index contributed by atoms with van der Waals surface area (Å²) in [5, 5.41) is 2.24. The molecule has 1 heterocycles. The fourth-order valence-electron chi connectivity index (χ4n) is 15.2. The van der Waals surface area contributed by atoms with E-state index < -0.39 is 10.8 Å². The molecule has 0 bridgehead atoms. The molecule has 444 valence electrons. The Morgan fingerprint density at radius 2 is 0.660 bits per heavy atom. The second-order valence-electron chi connectivity index (χ2n) is 24.4. The van der Waals surface area contributed by atoms with Crippen LogP contribution in [0, 0.1) is 0 Å². The highest BCUT2D eigenvalue weighted by Gasteiger charge is 2.48. The summed E-state index contributed by atoms with van der Waals surface area (Å²) in [7, 11) is 0. The molecular formula is C90H62N2O2. The molecule has 0 fully saturated rings. The summed E-state index contributed by atoms with van der Waals surface area (Å²) in [4.78, 5) is 2.48. The van der Waals surface area contributed by atoms with E-state index in [1.54, 1.807) is 0 Å². The minimum Gasteiger partial charge on any atom is -0.457 e. The number of fused-ring (bicyclic) bond motifs is 9. The van der Waals surface area contributed by atoms with E-state index >= 15 is 0 Å². The van der Waals surface area contributed by atoms with Gasteiger partial charge in [-0.1, -0.05) is 250 Å². The number of para-hydroxylation sites is 1. The first-order valence-electron chi connectivity index (χ1n) is 32.1. The Bertz CT molecular complexity index is 5330. The van der Waals surface area contributed by atoms with Crippen LogP contribution in [0.2, 0.25) is 0 Å². The van der Waals surface area contributed by atoms with E-state index in [9.17, 15) is 0 Å². The lowest BCUT2D eigenvalue weighted by molar-refractivity contribution is 0.482. The standard InChI is InChI=1S/C90H62N2O2/c1-3-61-33-46-73(47-34-61)93-75-50-40-68(41-51-75)90(67-25-13-7-14-26-67)84-32-20-18-30-78(84)80-54-45-72(59-86(80)90)91(71-44-53-79-77-29-17-19-31-83(77)89(85(79)58-71,65-21-9-5-10-22-65)66-23-11-6-12-24-66)70-42-37-63(38-43-70)64-39-55-87-81(57-64)82-60-76(94-74-48-35-62(4-2)36-49-74)52-56-88(82)92(87)69-27-15-8-16-28-69/h3-60H,1-2H2. The molecule has 2 aliphatic carbocycles. The van der Waals surface area contributed by atoms with E-state index in [2.05, 4.69) is 314 Å². The molecule has 1 aromatic heterocycles. The van der Waals surface area contributed by atoms with Gasteiger partial charge < -0.3 is 18.9 Å². The smallest absolute Gasteiger partial charge is 0.128 e. The largest absolute Gasteiger partial charge is 0.457 e.